The van der Waals surface area contributed by atoms with E-state index in [1.54, 1.807) is 6.08 Å². The lowest BCUT2D eigenvalue weighted by Crippen LogP contribution is -1.96. The summed E-state index contributed by atoms with van der Waals surface area (Å²) in [6, 6.07) is 0. The van der Waals surface area contributed by atoms with Crippen LogP contribution >= 0.6 is 7.37 Å². The summed E-state index contributed by atoms with van der Waals surface area (Å²) in [5.41, 5.74) is 0. The highest BCUT2D eigenvalue weighted by atomic mass is 31.2. The molecule has 0 N–H and O–H groups in total. The minimum Gasteiger partial charge on any atom is -0.329 e. The van der Waals surface area contributed by atoms with E-state index in [4.69, 9.17) is 4.52 Å². The zero-order chi connectivity index (χ0) is 8.74. The van der Waals surface area contributed by atoms with Gasteiger partial charge >= 0.3 is 0 Å². The van der Waals surface area contributed by atoms with Gasteiger partial charge in [0.1, 0.15) is 0 Å². The van der Waals surface area contributed by atoms with Gasteiger partial charge in [0.25, 0.3) is 0 Å². The Morgan fingerprint density at radius 1 is 1.55 bits per heavy atom. The van der Waals surface area contributed by atoms with E-state index in [0.29, 0.717) is 18.9 Å². The van der Waals surface area contributed by atoms with Crippen molar-refractivity contribution in [3.05, 3.63) is 12.7 Å². The van der Waals surface area contributed by atoms with Crippen LogP contribution in [0.2, 0.25) is 0 Å². The van der Waals surface area contributed by atoms with E-state index in [1.807, 2.05) is 13.8 Å². The first-order valence-electron chi connectivity index (χ1n) is 4.02. The minimum atomic E-state index is -2.29. The Labute approximate surface area is 69.1 Å². The summed E-state index contributed by atoms with van der Waals surface area (Å²) in [5, 5.41) is 0. The molecule has 0 fully saturated rings. The van der Waals surface area contributed by atoms with E-state index in [2.05, 4.69) is 6.58 Å². The van der Waals surface area contributed by atoms with Crippen LogP contribution in [0.3, 0.4) is 0 Å². The van der Waals surface area contributed by atoms with E-state index >= 15 is 0 Å². The maximum Gasteiger partial charge on any atom is 0.203 e. The Morgan fingerprint density at radius 2 is 2.18 bits per heavy atom. The summed E-state index contributed by atoms with van der Waals surface area (Å²) in [7, 11) is -2.29. The zero-order valence-corrected chi connectivity index (χ0v) is 8.27. The molecule has 3 heteroatoms. The molecule has 0 aromatic heterocycles. The third-order valence-electron chi connectivity index (χ3n) is 1.52. The molecule has 0 aliphatic carbocycles. The first-order valence-corrected chi connectivity index (χ1v) is 6.01. The monoisotopic (exact) mass is 176 g/mol. The first kappa shape index (κ1) is 10.9. The molecule has 0 aliphatic rings. The molecule has 11 heavy (non-hydrogen) atoms. The largest absolute Gasteiger partial charge is 0.329 e. The fourth-order valence-corrected chi connectivity index (χ4v) is 2.51. The van der Waals surface area contributed by atoms with Gasteiger partial charge in [0.15, 0.2) is 0 Å². The molecule has 0 aromatic rings. The predicted molar refractivity (Wildman–Crippen MR) is 49.5 cm³/mol. The Balaban J connectivity index is 3.88. The molecule has 0 amide bonds. The molecule has 0 bridgehead atoms. The summed E-state index contributed by atoms with van der Waals surface area (Å²) in [6.07, 6.45) is 3.84. The van der Waals surface area contributed by atoms with Crippen LogP contribution in [0.25, 0.3) is 0 Å². The molecule has 1 unspecified atom stereocenters. The molecule has 0 saturated heterocycles. The summed E-state index contributed by atoms with van der Waals surface area (Å²) in [5.74, 6) is 0. The molecule has 0 rings (SSSR count). The lowest BCUT2D eigenvalue weighted by molar-refractivity contribution is 0.334. The molecule has 0 heterocycles. The smallest absolute Gasteiger partial charge is 0.203 e. The Hall–Kier alpha value is -0.0700. The Kier molecular flexibility index (Phi) is 5.53. The van der Waals surface area contributed by atoms with E-state index in [0.717, 1.165) is 6.42 Å². The molecule has 0 aromatic carbocycles. The number of rotatable bonds is 6. The molecular formula is C8H17O2P. The van der Waals surface area contributed by atoms with Crippen molar-refractivity contribution in [2.45, 2.75) is 20.3 Å². The summed E-state index contributed by atoms with van der Waals surface area (Å²) in [4.78, 5) is 0. The Bertz CT molecular complexity index is 154. The van der Waals surface area contributed by atoms with Crippen molar-refractivity contribution in [2.24, 2.45) is 0 Å². The van der Waals surface area contributed by atoms with Crippen LogP contribution in [0.15, 0.2) is 12.7 Å². The molecule has 0 spiro atoms. The van der Waals surface area contributed by atoms with Gasteiger partial charge in [0.05, 0.1) is 6.61 Å². The second-order valence-corrected chi connectivity index (χ2v) is 5.32. The minimum absolute atomic E-state index is 0.544. The average molecular weight is 176 g/mol. The second-order valence-electron chi connectivity index (χ2n) is 2.35. The average Bonchev–Trinajstić information content (AvgIpc) is 2.02. The number of hydrogen-bond acceptors (Lipinski definition) is 2. The lowest BCUT2D eigenvalue weighted by Gasteiger charge is -2.14. The zero-order valence-electron chi connectivity index (χ0n) is 7.38. The molecule has 66 valence electrons. The number of allylic oxidation sites excluding steroid dienone is 1. The van der Waals surface area contributed by atoms with Crippen LogP contribution in [0.5, 0.6) is 0 Å². The number of hydrogen-bond donors (Lipinski definition) is 0. The third-order valence-corrected chi connectivity index (χ3v) is 4.15. The maximum absolute atomic E-state index is 11.7. The van der Waals surface area contributed by atoms with Gasteiger partial charge in [-0.15, -0.1) is 6.58 Å². The van der Waals surface area contributed by atoms with Gasteiger partial charge in [-0.25, -0.2) is 0 Å². The fraction of sp³-hybridized carbons (Fsp3) is 0.750. The predicted octanol–water partition coefficient (Wildman–Crippen LogP) is 2.90. The topological polar surface area (TPSA) is 26.3 Å². The first-order chi connectivity index (χ1) is 5.18. The summed E-state index contributed by atoms with van der Waals surface area (Å²) >= 11 is 0. The van der Waals surface area contributed by atoms with Crippen LogP contribution in [0, 0.1) is 0 Å². The van der Waals surface area contributed by atoms with Crippen LogP contribution in [0.1, 0.15) is 20.3 Å². The van der Waals surface area contributed by atoms with E-state index in [9.17, 15) is 4.57 Å². The van der Waals surface area contributed by atoms with Crippen molar-refractivity contribution in [1.82, 2.24) is 0 Å². The highest BCUT2D eigenvalue weighted by molar-refractivity contribution is 7.58. The van der Waals surface area contributed by atoms with Gasteiger partial charge < -0.3 is 4.52 Å². The standard InChI is InChI=1S/C8H17O2P/c1-4-7-8-11(9,6-3)10-5-2/h4H,1,5-8H2,2-3H3. The highest BCUT2D eigenvalue weighted by Gasteiger charge is 2.17. The van der Waals surface area contributed by atoms with E-state index in [1.165, 1.54) is 0 Å². The van der Waals surface area contributed by atoms with Crippen molar-refractivity contribution in [2.75, 3.05) is 18.9 Å². The molecular weight excluding hydrogens is 159 g/mol. The molecule has 0 aliphatic heterocycles. The van der Waals surface area contributed by atoms with Crippen molar-refractivity contribution >= 4 is 7.37 Å². The van der Waals surface area contributed by atoms with Crippen molar-refractivity contribution in [1.29, 1.82) is 0 Å². The molecule has 0 radical (unpaired) electrons. The van der Waals surface area contributed by atoms with Crippen LogP contribution in [0.4, 0.5) is 0 Å². The second kappa shape index (κ2) is 5.56. The lowest BCUT2D eigenvalue weighted by atomic mass is 10.5. The van der Waals surface area contributed by atoms with Crippen molar-refractivity contribution in [3.8, 4) is 0 Å². The van der Waals surface area contributed by atoms with E-state index in [-0.39, 0.29) is 0 Å². The molecule has 1 atom stereocenters. The summed E-state index contributed by atoms with van der Waals surface area (Å²) < 4.78 is 16.9. The normalized spacial score (nSPS) is 15.8. The molecule has 0 saturated carbocycles. The van der Waals surface area contributed by atoms with Gasteiger partial charge in [-0.2, -0.15) is 0 Å². The van der Waals surface area contributed by atoms with Crippen LogP contribution in [-0.4, -0.2) is 18.9 Å². The highest BCUT2D eigenvalue weighted by Crippen LogP contribution is 2.46. The summed E-state index contributed by atoms with van der Waals surface area (Å²) in [6.45, 7) is 7.90. The van der Waals surface area contributed by atoms with Gasteiger partial charge in [0.2, 0.25) is 7.37 Å². The van der Waals surface area contributed by atoms with Gasteiger partial charge in [-0.3, -0.25) is 4.57 Å². The maximum atomic E-state index is 11.7. The quantitative estimate of drug-likeness (QED) is 0.459. The van der Waals surface area contributed by atoms with Crippen molar-refractivity contribution in [3.63, 3.8) is 0 Å². The SMILES string of the molecule is C=CCCP(=O)(CC)OCC. The van der Waals surface area contributed by atoms with Gasteiger partial charge in [0, 0.05) is 12.3 Å². The van der Waals surface area contributed by atoms with Crippen LogP contribution in [-0.2, 0) is 9.09 Å². The third kappa shape index (κ3) is 4.39. The van der Waals surface area contributed by atoms with Gasteiger partial charge in [-0.05, 0) is 13.3 Å². The van der Waals surface area contributed by atoms with Crippen molar-refractivity contribution < 1.29 is 9.09 Å². The van der Waals surface area contributed by atoms with Crippen LogP contribution < -0.4 is 0 Å². The fourth-order valence-electron chi connectivity index (χ4n) is 0.837. The van der Waals surface area contributed by atoms with Gasteiger partial charge in [-0.1, -0.05) is 13.0 Å². The molecule has 2 nitrogen and oxygen atoms in total. The Morgan fingerprint density at radius 3 is 2.55 bits per heavy atom. The van der Waals surface area contributed by atoms with E-state index < -0.39 is 7.37 Å².